The molecule has 5 heteroatoms. The maximum Gasteiger partial charge on any atom is 0.223 e. The van der Waals surface area contributed by atoms with Crippen LogP contribution in [0, 0.1) is 13.8 Å². The lowest BCUT2D eigenvalue weighted by Gasteiger charge is -2.15. The van der Waals surface area contributed by atoms with Crippen molar-refractivity contribution in [2.24, 2.45) is 0 Å². The number of hydrogen-bond acceptors (Lipinski definition) is 3. The molecule has 0 aromatic carbocycles. The van der Waals surface area contributed by atoms with Crippen molar-refractivity contribution in [2.45, 2.75) is 39.7 Å². The van der Waals surface area contributed by atoms with Crippen molar-refractivity contribution in [3.8, 4) is 0 Å². The van der Waals surface area contributed by atoms with Crippen LogP contribution < -0.4 is 5.32 Å². The zero-order valence-corrected chi connectivity index (χ0v) is 11.3. The SMILES string of the molecule is Cc1n[nH]c(C)c1CNCCC(=O)N1CCCC1. The first kappa shape index (κ1) is 13.1. The quantitative estimate of drug-likeness (QED) is 0.770. The van der Waals surface area contributed by atoms with Gasteiger partial charge in [-0.15, -0.1) is 0 Å². The summed E-state index contributed by atoms with van der Waals surface area (Å²) in [5.41, 5.74) is 3.35. The van der Waals surface area contributed by atoms with Crippen molar-refractivity contribution in [1.82, 2.24) is 20.4 Å². The molecule has 0 aliphatic carbocycles. The standard InChI is InChI=1S/C13H22N4O/c1-10-12(11(2)16-15-10)9-14-6-5-13(18)17-7-3-4-8-17/h14H,3-9H2,1-2H3,(H,15,16). The summed E-state index contributed by atoms with van der Waals surface area (Å²) >= 11 is 0. The zero-order chi connectivity index (χ0) is 13.0. The van der Waals surface area contributed by atoms with E-state index in [1.807, 2.05) is 18.7 Å². The zero-order valence-electron chi connectivity index (χ0n) is 11.3. The van der Waals surface area contributed by atoms with Crippen LogP contribution in [-0.4, -0.2) is 40.6 Å². The van der Waals surface area contributed by atoms with Gasteiger partial charge in [0, 0.05) is 43.9 Å². The molecule has 1 aromatic heterocycles. The normalized spacial score (nSPS) is 15.3. The molecule has 2 rings (SSSR count). The van der Waals surface area contributed by atoms with Gasteiger partial charge in [0.2, 0.25) is 5.91 Å². The Hall–Kier alpha value is -1.36. The van der Waals surface area contributed by atoms with E-state index in [2.05, 4.69) is 15.5 Å². The fraction of sp³-hybridized carbons (Fsp3) is 0.692. The molecule has 100 valence electrons. The summed E-state index contributed by atoms with van der Waals surface area (Å²) in [4.78, 5) is 13.8. The van der Waals surface area contributed by atoms with Crippen molar-refractivity contribution < 1.29 is 4.79 Å². The van der Waals surface area contributed by atoms with Crippen molar-refractivity contribution in [3.05, 3.63) is 17.0 Å². The topological polar surface area (TPSA) is 61.0 Å². The molecule has 5 nitrogen and oxygen atoms in total. The molecule has 0 unspecified atom stereocenters. The number of carbonyl (C=O) groups is 1. The lowest BCUT2D eigenvalue weighted by atomic mass is 10.2. The van der Waals surface area contributed by atoms with Gasteiger partial charge in [0.05, 0.1) is 5.69 Å². The summed E-state index contributed by atoms with van der Waals surface area (Å²) in [6, 6.07) is 0. The summed E-state index contributed by atoms with van der Waals surface area (Å²) in [5, 5.41) is 10.4. The van der Waals surface area contributed by atoms with Crippen LogP contribution in [0.3, 0.4) is 0 Å². The number of aryl methyl sites for hydroxylation is 2. The Kier molecular flexibility index (Phi) is 4.36. The summed E-state index contributed by atoms with van der Waals surface area (Å²) in [5.74, 6) is 0.278. The molecule has 1 fully saturated rings. The van der Waals surface area contributed by atoms with Crippen molar-refractivity contribution in [2.75, 3.05) is 19.6 Å². The summed E-state index contributed by atoms with van der Waals surface area (Å²) < 4.78 is 0. The predicted octanol–water partition coefficient (Wildman–Crippen LogP) is 1.13. The van der Waals surface area contributed by atoms with E-state index >= 15 is 0 Å². The van der Waals surface area contributed by atoms with Crippen LogP contribution in [0.15, 0.2) is 0 Å². The van der Waals surface area contributed by atoms with Crippen LogP contribution >= 0.6 is 0 Å². The second-order valence-corrected chi connectivity index (χ2v) is 4.93. The predicted molar refractivity (Wildman–Crippen MR) is 70.2 cm³/mol. The first-order chi connectivity index (χ1) is 8.68. The van der Waals surface area contributed by atoms with Gasteiger partial charge < -0.3 is 10.2 Å². The molecular weight excluding hydrogens is 228 g/mol. The van der Waals surface area contributed by atoms with E-state index in [0.29, 0.717) is 6.42 Å². The van der Waals surface area contributed by atoms with E-state index in [1.165, 1.54) is 5.56 Å². The minimum atomic E-state index is 0.278. The first-order valence-electron chi connectivity index (χ1n) is 6.67. The Labute approximate surface area is 108 Å². The Morgan fingerprint density at radius 1 is 1.39 bits per heavy atom. The summed E-state index contributed by atoms with van der Waals surface area (Å²) in [6.45, 7) is 7.42. The number of likely N-dealkylation sites (tertiary alicyclic amines) is 1. The summed E-state index contributed by atoms with van der Waals surface area (Å²) in [7, 11) is 0. The van der Waals surface area contributed by atoms with Gasteiger partial charge in [0.15, 0.2) is 0 Å². The van der Waals surface area contributed by atoms with Gasteiger partial charge in [-0.2, -0.15) is 5.10 Å². The molecule has 0 radical (unpaired) electrons. The highest BCUT2D eigenvalue weighted by atomic mass is 16.2. The lowest BCUT2D eigenvalue weighted by molar-refractivity contribution is -0.130. The van der Waals surface area contributed by atoms with Crippen LogP contribution in [-0.2, 0) is 11.3 Å². The minimum absolute atomic E-state index is 0.278. The molecule has 0 bridgehead atoms. The molecule has 2 heterocycles. The molecule has 1 aliphatic rings. The van der Waals surface area contributed by atoms with E-state index in [9.17, 15) is 4.79 Å². The largest absolute Gasteiger partial charge is 0.343 e. The highest BCUT2D eigenvalue weighted by molar-refractivity contribution is 5.76. The van der Waals surface area contributed by atoms with Crippen LogP contribution in [0.1, 0.15) is 36.2 Å². The molecule has 0 saturated carbocycles. The van der Waals surface area contributed by atoms with Crippen LogP contribution in [0.25, 0.3) is 0 Å². The van der Waals surface area contributed by atoms with Crippen LogP contribution in [0.2, 0.25) is 0 Å². The van der Waals surface area contributed by atoms with Crippen molar-refractivity contribution in [3.63, 3.8) is 0 Å². The van der Waals surface area contributed by atoms with Crippen molar-refractivity contribution >= 4 is 5.91 Å². The fourth-order valence-electron chi connectivity index (χ4n) is 2.37. The molecule has 1 aromatic rings. The maximum atomic E-state index is 11.8. The Morgan fingerprint density at radius 3 is 2.72 bits per heavy atom. The van der Waals surface area contributed by atoms with Crippen LogP contribution in [0.5, 0.6) is 0 Å². The van der Waals surface area contributed by atoms with Gasteiger partial charge in [0.1, 0.15) is 0 Å². The monoisotopic (exact) mass is 250 g/mol. The number of rotatable bonds is 5. The second-order valence-electron chi connectivity index (χ2n) is 4.93. The van der Waals surface area contributed by atoms with Crippen molar-refractivity contribution in [1.29, 1.82) is 0 Å². The third-order valence-corrected chi connectivity index (χ3v) is 3.56. The number of aromatic amines is 1. The lowest BCUT2D eigenvalue weighted by Crippen LogP contribution is -2.30. The average Bonchev–Trinajstić information content (AvgIpc) is 2.97. The highest BCUT2D eigenvalue weighted by Crippen LogP contribution is 2.10. The first-order valence-corrected chi connectivity index (χ1v) is 6.67. The van der Waals surface area contributed by atoms with Gasteiger partial charge >= 0.3 is 0 Å². The third kappa shape index (κ3) is 3.10. The number of amides is 1. The Morgan fingerprint density at radius 2 is 2.11 bits per heavy atom. The Balaban J connectivity index is 1.68. The van der Waals surface area contributed by atoms with Crippen LogP contribution in [0.4, 0.5) is 0 Å². The summed E-state index contributed by atoms with van der Waals surface area (Å²) in [6.07, 6.45) is 2.91. The minimum Gasteiger partial charge on any atom is -0.343 e. The molecular formula is C13H22N4O. The molecule has 0 spiro atoms. The molecule has 2 N–H and O–H groups in total. The average molecular weight is 250 g/mol. The fourth-order valence-corrected chi connectivity index (χ4v) is 2.37. The van der Waals surface area contributed by atoms with E-state index in [4.69, 9.17) is 0 Å². The van der Waals surface area contributed by atoms with E-state index in [0.717, 1.165) is 50.4 Å². The molecule has 1 aliphatic heterocycles. The highest BCUT2D eigenvalue weighted by Gasteiger charge is 2.17. The Bertz CT molecular complexity index is 388. The van der Waals surface area contributed by atoms with E-state index in [1.54, 1.807) is 0 Å². The maximum absolute atomic E-state index is 11.8. The molecule has 18 heavy (non-hydrogen) atoms. The number of nitrogens with one attached hydrogen (secondary N) is 2. The second kappa shape index (κ2) is 6.00. The number of carbonyl (C=O) groups excluding carboxylic acids is 1. The molecule has 0 atom stereocenters. The number of aromatic nitrogens is 2. The van der Waals surface area contributed by atoms with Gasteiger partial charge in [-0.25, -0.2) is 0 Å². The van der Waals surface area contributed by atoms with E-state index < -0.39 is 0 Å². The van der Waals surface area contributed by atoms with Gasteiger partial charge in [0.25, 0.3) is 0 Å². The third-order valence-electron chi connectivity index (χ3n) is 3.56. The number of hydrogen-bond donors (Lipinski definition) is 2. The molecule has 1 amide bonds. The number of H-pyrrole nitrogens is 1. The number of nitrogens with zero attached hydrogens (tertiary/aromatic N) is 2. The van der Waals surface area contributed by atoms with Gasteiger partial charge in [-0.1, -0.05) is 0 Å². The van der Waals surface area contributed by atoms with Gasteiger partial charge in [-0.3, -0.25) is 9.89 Å². The smallest absolute Gasteiger partial charge is 0.223 e. The van der Waals surface area contributed by atoms with E-state index in [-0.39, 0.29) is 5.91 Å². The molecule has 1 saturated heterocycles. The van der Waals surface area contributed by atoms with Gasteiger partial charge in [-0.05, 0) is 26.7 Å².